The molecule has 5 N–H and O–H groups in total. The van der Waals surface area contributed by atoms with E-state index in [-0.39, 0.29) is 11.5 Å². The molecule has 1 aromatic carbocycles. The van der Waals surface area contributed by atoms with E-state index in [2.05, 4.69) is 9.44 Å². The van der Waals surface area contributed by atoms with Crippen LogP contribution in [-0.4, -0.2) is 96.2 Å². The summed E-state index contributed by atoms with van der Waals surface area (Å²) in [6.07, 6.45) is -6.14. The minimum absolute atomic E-state index is 0.110. The van der Waals surface area contributed by atoms with E-state index in [0.29, 0.717) is 34.6 Å². The summed E-state index contributed by atoms with van der Waals surface area (Å²) in [4.78, 5) is 0. The lowest BCUT2D eigenvalue weighted by Gasteiger charge is -2.39. The summed E-state index contributed by atoms with van der Waals surface area (Å²) in [5.41, 5.74) is -0.786. The highest BCUT2D eigenvalue weighted by molar-refractivity contribution is 8.14. The average molecular weight is 500 g/mol. The number of oxime groups is 1. The summed E-state index contributed by atoms with van der Waals surface area (Å²) in [6, 6.07) is 3.11. The van der Waals surface area contributed by atoms with Crippen LogP contribution >= 0.6 is 11.8 Å². The Morgan fingerprint density at radius 2 is 1.66 bits per heavy atom. The van der Waals surface area contributed by atoms with Crippen molar-refractivity contribution in [3.8, 4) is 17.2 Å². The van der Waals surface area contributed by atoms with Crippen LogP contribution in [0.2, 0.25) is 0 Å². The van der Waals surface area contributed by atoms with Gasteiger partial charge in [-0.25, -0.2) is 4.28 Å². The van der Waals surface area contributed by atoms with Crippen molar-refractivity contribution in [2.75, 3.05) is 27.9 Å². The number of aliphatic hydroxyl groups excluding tert-OH is 4. The van der Waals surface area contributed by atoms with Crippen LogP contribution in [0.5, 0.6) is 17.2 Å². The Bertz CT molecular complexity index is 882. The summed E-state index contributed by atoms with van der Waals surface area (Å²) in [5.74, 6) is 0.914. The molecular weight excluding hydrogens is 474 g/mol. The van der Waals surface area contributed by atoms with Gasteiger partial charge in [-0.2, -0.15) is 8.42 Å². The largest absolute Gasteiger partial charge is 0.493 e. The van der Waals surface area contributed by atoms with Crippen molar-refractivity contribution in [1.82, 2.24) is 0 Å². The number of benzene rings is 1. The fourth-order valence-electron chi connectivity index (χ4n) is 2.90. The van der Waals surface area contributed by atoms with Gasteiger partial charge in [0.25, 0.3) is 0 Å². The van der Waals surface area contributed by atoms with Gasteiger partial charge < -0.3 is 39.4 Å². The predicted molar refractivity (Wildman–Crippen MR) is 111 cm³/mol. The average Bonchev–Trinajstić information content (AvgIpc) is 2.76. The lowest BCUT2D eigenvalue weighted by atomic mass is 10.0. The van der Waals surface area contributed by atoms with Gasteiger partial charge in [0.15, 0.2) is 11.5 Å². The van der Waals surface area contributed by atoms with Crippen molar-refractivity contribution < 1.29 is 56.6 Å². The maximum atomic E-state index is 11.0. The van der Waals surface area contributed by atoms with Crippen molar-refractivity contribution in [3.05, 3.63) is 17.7 Å². The molecule has 182 valence electrons. The SMILES string of the molecule is COc1cc(C/C(=N\OS(=O)(=O)O)S[C@H]2O[C@H](CO)[C@@H](O)[C@H](O)[C@H]2O)cc(OC)c1OC. The smallest absolute Gasteiger partial charge is 0.466 e. The van der Waals surface area contributed by atoms with Gasteiger partial charge >= 0.3 is 10.4 Å². The first-order valence-electron chi connectivity index (χ1n) is 9.03. The van der Waals surface area contributed by atoms with Crippen molar-refractivity contribution in [2.45, 2.75) is 36.3 Å². The van der Waals surface area contributed by atoms with Crippen LogP contribution in [0.3, 0.4) is 0 Å². The molecular formula is C17H25NO12S2. The van der Waals surface area contributed by atoms with E-state index < -0.39 is 46.9 Å². The van der Waals surface area contributed by atoms with Crippen LogP contribution in [0, 0.1) is 0 Å². The molecule has 1 aliphatic heterocycles. The monoisotopic (exact) mass is 499 g/mol. The second-order valence-corrected chi connectivity index (χ2v) is 8.69. The molecule has 32 heavy (non-hydrogen) atoms. The summed E-state index contributed by atoms with van der Waals surface area (Å²) in [6.45, 7) is -0.650. The Morgan fingerprint density at radius 3 is 2.12 bits per heavy atom. The zero-order valence-electron chi connectivity index (χ0n) is 17.3. The predicted octanol–water partition coefficient (Wildman–Crippen LogP) is -1.08. The second-order valence-electron chi connectivity index (χ2n) is 6.51. The third-order valence-electron chi connectivity index (χ3n) is 4.41. The normalized spacial score (nSPS) is 26.5. The standard InChI is InChI=1S/C17H25NO12S2/c1-26-9-4-8(5-10(27-2)16(9)28-3)6-12(18-30-32(23,24)25)31-17-15(22)14(21)13(20)11(7-19)29-17/h4-5,11,13-15,17,19-22H,6-7H2,1-3H3,(H,23,24,25)/b18-12+/t11-,13-,14+,15-,17-/m1/s1. The summed E-state index contributed by atoms with van der Waals surface area (Å²) >= 11 is 0.653. The highest BCUT2D eigenvalue weighted by Gasteiger charge is 2.44. The number of ether oxygens (including phenoxy) is 4. The van der Waals surface area contributed by atoms with E-state index in [9.17, 15) is 28.8 Å². The van der Waals surface area contributed by atoms with Crippen LogP contribution in [0.1, 0.15) is 5.56 Å². The maximum absolute atomic E-state index is 11.0. The number of nitrogens with zero attached hydrogens (tertiary/aromatic N) is 1. The molecule has 5 atom stereocenters. The molecule has 1 aromatic rings. The van der Waals surface area contributed by atoms with Gasteiger partial charge in [0.2, 0.25) is 5.75 Å². The van der Waals surface area contributed by atoms with Crippen molar-refractivity contribution in [1.29, 1.82) is 0 Å². The minimum atomic E-state index is -4.94. The number of thioether (sulfide) groups is 1. The van der Waals surface area contributed by atoms with Crippen molar-refractivity contribution in [3.63, 3.8) is 0 Å². The van der Waals surface area contributed by atoms with E-state index in [1.54, 1.807) is 12.1 Å². The number of hydrogen-bond donors (Lipinski definition) is 5. The van der Waals surface area contributed by atoms with Gasteiger partial charge in [0, 0.05) is 6.42 Å². The lowest BCUT2D eigenvalue weighted by Crippen LogP contribution is -2.57. The lowest BCUT2D eigenvalue weighted by molar-refractivity contribution is -0.205. The van der Waals surface area contributed by atoms with Gasteiger partial charge in [0.1, 0.15) is 34.9 Å². The Labute approximate surface area is 188 Å². The third kappa shape index (κ3) is 6.58. The zero-order chi connectivity index (χ0) is 24.1. The van der Waals surface area contributed by atoms with E-state index in [4.69, 9.17) is 23.5 Å². The molecule has 1 aliphatic rings. The molecule has 2 rings (SSSR count). The Kier molecular flexibility index (Phi) is 9.35. The van der Waals surface area contributed by atoms with Crippen LogP contribution < -0.4 is 14.2 Å². The van der Waals surface area contributed by atoms with Gasteiger partial charge in [-0.1, -0.05) is 16.9 Å². The molecule has 0 saturated carbocycles. The van der Waals surface area contributed by atoms with Gasteiger partial charge in [-0.05, 0) is 17.7 Å². The summed E-state index contributed by atoms with van der Waals surface area (Å²) in [7, 11) is -0.716. The molecule has 0 aliphatic carbocycles. The van der Waals surface area contributed by atoms with Gasteiger partial charge in [0.05, 0.1) is 27.9 Å². The van der Waals surface area contributed by atoms with Gasteiger partial charge in [-0.15, -0.1) is 0 Å². The molecule has 1 heterocycles. The number of rotatable bonds is 9. The molecule has 0 radical (unpaired) electrons. The van der Waals surface area contributed by atoms with Gasteiger partial charge in [-0.3, -0.25) is 4.55 Å². The van der Waals surface area contributed by atoms with Crippen LogP contribution in [-0.2, 0) is 25.8 Å². The second kappa shape index (κ2) is 11.3. The summed E-state index contributed by atoms with van der Waals surface area (Å²) < 4.78 is 56.1. The number of aliphatic hydroxyl groups is 4. The first kappa shape index (κ1) is 26.4. The fraction of sp³-hybridized carbons (Fsp3) is 0.588. The van der Waals surface area contributed by atoms with E-state index in [1.807, 2.05) is 0 Å². The van der Waals surface area contributed by atoms with E-state index in [0.717, 1.165) is 0 Å². The van der Waals surface area contributed by atoms with Crippen molar-refractivity contribution >= 4 is 27.2 Å². The molecule has 1 saturated heterocycles. The first-order chi connectivity index (χ1) is 15.0. The van der Waals surface area contributed by atoms with E-state index in [1.165, 1.54) is 21.3 Å². The third-order valence-corrected chi connectivity index (χ3v) is 5.79. The van der Waals surface area contributed by atoms with E-state index >= 15 is 0 Å². The minimum Gasteiger partial charge on any atom is -0.493 e. The Hall–Kier alpha value is -1.85. The highest BCUT2D eigenvalue weighted by Crippen LogP contribution is 2.39. The quantitative estimate of drug-likeness (QED) is 0.119. The Balaban J connectivity index is 2.36. The molecule has 0 unspecified atom stereocenters. The van der Waals surface area contributed by atoms with Crippen molar-refractivity contribution in [2.24, 2.45) is 5.16 Å². The van der Waals surface area contributed by atoms with Crippen LogP contribution in [0.25, 0.3) is 0 Å². The van der Waals surface area contributed by atoms with Crippen LogP contribution in [0.15, 0.2) is 17.3 Å². The molecule has 1 fully saturated rings. The molecule has 13 nitrogen and oxygen atoms in total. The molecule has 0 spiro atoms. The molecule has 15 heteroatoms. The molecule has 0 bridgehead atoms. The Morgan fingerprint density at radius 1 is 1.06 bits per heavy atom. The molecule has 0 aromatic heterocycles. The van der Waals surface area contributed by atoms with Crippen LogP contribution in [0.4, 0.5) is 0 Å². The highest BCUT2D eigenvalue weighted by atomic mass is 32.3. The topological polar surface area (TPSA) is 194 Å². The first-order valence-corrected chi connectivity index (χ1v) is 11.3. The number of methoxy groups -OCH3 is 3. The number of hydrogen-bond acceptors (Lipinski definition) is 13. The molecule has 0 amide bonds. The zero-order valence-corrected chi connectivity index (χ0v) is 18.9. The maximum Gasteiger partial charge on any atom is 0.466 e. The summed E-state index contributed by atoms with van der Waals surface area (Å²) in [5, 5.41) is 42.7. The fourth-order valence-corrected chi connectivity index (χ4v) is 4.22.